The number of ketones is 2. The number of fused-ring (bicyclic) bond motifs is 2. The van der Waals surface area contributed by atoms with E-state index in [1.165, 1.54) is 0 Å². The minimum atomic E-state index is -0.299. The van der Waals surface area contributed by atoms with Gasteiger partial charge in [-0.2, -0.15) is 0 Å². The van der Waals surface area contributed by atoms with Crippen LogP contribution < -0.4 is 21.8 Å². The maximum absolute atomic E-state index is 12.8. The van der Waals surface area contributed by atoms with E-state index in [0.717, 1.165) is 49.5 Å². The van der Waals surface area contributed by atoms with Crippen LogP contribution in [0.1, 0.15) is 20.7 Å². The van der Waals surface area contributed by atoms with Gasteiger partial charge in [-0.05, 0) is 12.1 Å². The summed E-state index contributed by atoms with van der Waals surface area (Å²) in [6, 6.07) is 10.6. The number of allylic oxidation sites excluding steroid dienone is 2. The number of Topliss-reactive ketones (excluding diaryl/α,β-unsaturated/α-hetero) is 2. The Kier molecular flexibility index (Phi) is 6.68. The quantitative estimate of drug-likeness (QED) is 0.404. The Morgan fingerprint density at radius 3 is 2.45 bits per heavy atom. The second kappa shape index (κ2) is 9.82. The van der Waals surface area contributed by atoms with Gasteiger partial charge in [0.05, 0.1) is 11.6 Å². The van der Waals surface area contributed by atoms with Crippen molar-refractivity contribution in [2.45, 2.75) is 0 Å². The molecule has 1 fully saturated rings. The predicted octanol–water partition coefficient (Wildman–Crippen LogP) is 0.406. The molecule has 0 amide bonds. The molecule has 2 aliphatic rings. The zero-order valence-electron chi connectivity index (χ0n) is 18.2. The van der Waals surface area contributed by atoms with E-state index < -0.39 is 0 Å². The Labute approximate surface area is 190 Å². The van der Waals surface area contributed by atoms with Gasteiger partial charge in [-0.3, -0.25) is 14.5 Å². The number of hydrogen-bond acceptors (Lipinski definition) is 9. The first-order valence-electron chi connectivity index (χ1n) is 10.7. The van der Waals surface area contributed by atoms with Crippen molar-refractivity contribution in [1.29, 1.82) is 0 Å². The van der Waals surface area contributed by atoms with Crippen LogP contribution >= 0.6 is 0 Å². The van der Waals surface area contributed by atoms with Crippen molar-refractivity contribution in [2.24, 2.45) is 5.73 Å². The smallest absolute Gasteiger partial charge is 0.211 e. The number of carbonyl (C=O) groups excluding carboxylic acids is 2. The number of rotatable bonds is 5. The lowest BCUT2D eigenvalue weighted by molar-refractivity contribution is -0.670. The molecule has 5 rings (SSSR count). The van der Waals surface area contributed by atoms with E-state index in [1.807, 2.05) is 12.1 Å². The Balaban J connectivity index is 0.00000126. The van der Waals surface area contributed by atoms with E-state index in [-0.39, 0.29) is 23.0 Å². The predicted molar refractivity (Wildman–Crippen MR) is 122 cm³/mol. The highest BCUT2D eigenvalue weighted by Crippen LogP contribution is 2.26. The van der Waals surface area contributed by atoms with Crippen molar-refractivity contribution >= 4 is 28.4 Å². The third-order valence-electron chi connectivity index (χ3n) is 5.92. The van der Waals surface area contributed by atoms with Crippen LogP contribution in [-0.4, -0.2) is 65.9 Å². The SMILES string of the molecule is NC1=C(NCCN2CCN(c3nccc4occc34)CC2)C(=O)c2ccccc2C1=O.[NH3+]O. The molecule has 10 heteroatoms. The van der Waals surface area contributed by atoms with E-state index in [2.05, 4.69) is 26.0 Å². The molecule has 1 saturated heterocycles. The minimum absolute atomic E-state index is 0.00667. The molecule has 7 N–H and O–H groups in total. The maximum Gasteiger partial charge on any atom is 0.211 e. The number of quaternary nitrogens is 1. The number of carbonyl (C=O) groups is 2. The summed E-state index contributed by atoms with van der Waals surface area (Å²) in [7, 11) is 0. The van der Waals surface area contributed by atoms with Crippen molar-refractivity contribution < 1.29 is 25.1 Å². The van der Waals surface area contributed by atoms with Crippen molar-refractivity contribution in [1.82, 2.24) is 15.2 Å². The average molecular weight is 452 g/mol. The molecule has 0 radical (unpaired) electrons. The molecule has 33 heavy (non-hydrogen) atoms. The highest BCUT2D eigenvalue weighted by molar-refractivity contribution is 6.26. The zero-order valence-corrected chi connectivity index (χ0v) is 18.2. The molecule has 1 aliphatic carbocycles. The van der Waals surface area contributed by atoms with E-state index in [0.29, 0.717) is 17.7 Å². The number of piperazine rings is 1. The fourth-order valence-electron chi connectivity index (χ4n) is 4.22. The molecule has 1 aromatic carbocycles. The molecule has 172 valence electrons. The number of aromatic nitrogens is 1. The summed E-state index contributed by atoms with van der Waals surface area (Å²) >= 11 is 0. The van der Waals surface area contributed by atoms with Crippen LogP contribution in [0.4, 0.5) is 5.82 Å². The number of nitrogens with zero attached hydrogens (tertiary/aromatic N) is 3. The summed E-state index contributed by atoms with van der Waals surface area (Å²) < 4.78 is 5.48. The Morgan fingerprint density at radius 1 is 1.03 bits per heavy atom. The first-order chi connectivity index (χ1) is 16.1. The van der Waals surface area contributed by atoms with E-state index >= 15 is 0 Å². The highest BCUT2D eigenvalue weighted by Gasteiger charge is 2.30. The van der Waals surface area contributed by atoms with Gasteiger partial charge in [-0.15, -0.1) is 0 Å². The molecule has 0 atom stereocenters. The normalized spacial score (nSPS) is 16.5. The largest absolute Gasteiger partial charge is 0.464 e. The molecule has 3 heterocycles. The molecule has 0 unspecified atom stereocenters. The number of hydrogen-bond donors (Lipinski definition) is 4. The first kappa shape index (κ1) is 22.5. The molecule has 0 saturated carbocycles. The lowest BCUT2D eigenvalue weighted by atomic mass is 9.90. The van der Waals surface area contributed by atoms with E-state index in [4.69, 9.17) is 15.4 Å². The summed E-state index contributed by atoms with van der Waals surface area (Å²) in [6.07, 6.45) is 3.46. The summed E-state index contributed by atoms with van der Waals surface area (Å²) in [4.78, 5) is 34.4. The van der Waals surface area contributed by atoms with Crippen LogP contribution in [0.5, 0.6) is 0 Å². The first-order valence-corrected chi connectivity index (χ1v) is 10.7. The molecule has 1 aliphatic heterocycles. The topological polar surface area (TPSA) is 153 Å². The Morgan fingerprint density at radius 2 is 1.73 bits per heavy atom. The number of benzene rings is 1. The average Bonchev–Trinajstić information content (AvgIpc) is 3.36. The van der Waals surface area contributed by atoms with Crippen LogP contribution in [0.3, 0.4) is 0 Å². The van der Waals surface area contributed by atoms with Gasteiger partial charge in [-0.25, -0.2) is 16.1 Å². The third-order valence-corrected chi connectivity index (χ3v) is 5.92. The van der Waals surface area contributed by atoms with Crippen molar-refractivity contribution in [2.75, 3.05) is 44.2 Å². The van der Waals surface area contributed by atoms with Gasteiger partial charge in [0.25, 0.3) is 0 Å². The number of anilines is 1. The monoisotopic (exact) mass is 451 g/mol. The maximum atomic E-state index is 12.8. The molecular weight excluding hydrogens is 424 g/mol. The van der Waals surface area contributed by atoms with Gasteiger partial charge in [0, 0.05) is 56.6 Å². The molecular formula is C23H27N6O4+. The van der Waals surface area contributed by atoms with Gasteiger partial charge in [0.1, 0.15) is 22.8 Å². The molecule has 0 spiro atoms. The van der Waals surface area contributed by atoms with E-state index in [9.17, 15) is 9.59 Å². The van der Waals surface area contributed by atoms with Gasteiger partial charge in [0.15, 0.2) is 0 Å². The number of pyridine rings is 1. The van der Waals surface area contributed by atoms with Crippen LogP contribution in [0, 0.1) is 0 Å². The number of nitrogens with one attached hydrogen (secondary N) is 1. The van der Waals surface area contributed by atoms with Crippen molar-refractivity contribution in [3.05, 3.63) is 71.4 Å². The lowest BCUT2D eigenvalue weighted by Crippen LogP contribution is -2.48. The van der Waals surface area contributed by atoms with Crippen molar-refractivity contribution in [3.63, 3.8) is 0 Å². The van der Waals surface area contributed by atoms with Crippen LogP contribution in [0.25, 0.3) is 11.0 Å². The lowest BCUT2D eigenvalue weighted by Gasteiger charge is -2.35. The highest BCUT2D eigenvalue weighted by atomic mass is 16.4. The second-order valence-corrected chi connectivity index (χ2v) is 7.71. The van der Waals surface area contributed by atoms with Crippen LogP contribution in [0.2, 0.25) is 0 Å². The summed E-state index contributed by atoms with van der Waals surface area (Å²) in [5, 5.41) is 10.9. The van der Waals surface area contributed by atoms with Gasteiger partial charge in [-0.1, -0.05) is 24.3 Å². The zero-order chi connectivity index (χ0) is 23.4. The second-order valence-electron chi connectivity index (χ2n) is 7.71. The Hall–Kier alpha value is -3.73. The van der Waals surface area contributed by atoms with E-state index in [1.54, 1.807) is 36.7 Å². The number of nitrogens with two attached hydrogens (primary N) is 1. The molecule has 3 aromatic rings. The van der Waals surface area contributed by atoms with Crippen LogP contribution in [0.15, 0.2) is 64.7 Å². The summed E-state index contributed by atoms with van der Waals surface area (Å²) in [5.74, 6) is 2.68. The molecule has 10 nitrogen and oxygen atoms in total. The standard InChI is InChI=1S/C23H23N5O3.H4NO/c24-19-20(22(30)16-4-2-1-3-15(16)21(19)29)25-8-9-27-10-12-28(13-11-27)23-17-6-14-31-18(17)5-7-26-23;1-2/h1-7,14,25H,8-13,24H2;2H,1H3/q;+1. The van der Waals surface area contributed by atoms with Gasteiger partial charge < -0.3 is 20.4 Å². The number of furan rings is 1. The fraction of sp³-hybridized carbons (Fsp3) is 0.261. The van der Waals surface area contributed by atoms with Crippen molar-refractivity contribution in [3.8, 4) is 0 Å². The van der Waals surface area contributed by atoms with Gasteiger partial charge in [0.2, 0.25) is 11.6 Å². The Bertz CT molecular complexity index is 1200. The summed E-state index contributed by atoms with van der Waals surface area (Å²) in [6.45, 7) is 4.74. The molecule has 2 aromatic heterocycles. The molecule has 0 bridgehead atoms. The van der Waals surface area contributed by atoms with Crippen LogP contribution in [-0.2, 0) is 0 Å². The van der Waals surface area contributed by atoms with Gasteiger partial charge >= 0.3 is 0 Å². The minimum Gasteiger partial charge on any atom is -0.464 e. The summed E-state index contributed by atoms with van der Waals surface area (Å²) in [5.41, 5.74) is 7.79. The third kappa shape index (κ3) is 4.31. The fourth-order valence-corrected chi connectivity index (χ4v) is 4.22.